The first-order valence-electron chi connectivity index (χ1n) is 9.68. The Hall–Kier alpha value is -3.35. The molecular formula is C22H27N3O4. The third-order valence-corrected chi connectivity index (χ3v) is 3.84. The van der Waals surface area contributed by atoms with Crippen LogP contribution in [0.15, 0.2) is 53.6 Å². The maximum Gasteiger partial charge on any atom is 0.249 e. The quantitative estimate of drug-likeness (QED) is 0.262. The third kappa shape index (κ3) is 8.04. The Balaban J connectivity index is 1.81. The Morgan fingerprint density at radius 2 is 1.76 bits per heavy atom. The lowest BCUT2D eigenvalue weighted by atomic mass is 10.2. The number of unbranched alkanes of at least 4 members (excludes halogenated alkanes) is 1. The van der Waals surface area contributed by atoms with Crippen LogP contribution in [0.25, 0.3) is 0 Å². The highest BCUT2D eigenvalue weighted by atomic mass is 16.5. The number of hydrogen-bond donors (Lipinski definition) is 2. The molecule has 0 bridgehead atoms. The van der Waals surface area contributed by atoms with Crippen molar-refractivity contribution in [1.82, 2.24) is 5.43 Å². The van der Waals surface area contributed by atoms with Gasteiger partial charge < -0.3 is 14.8 Å². The number of hydrogen-bond acceptors (Lipinski definition) is 5. The molecule has 0 aromatic heterocycles. The summed E-state index contributed by atoms with van der Waals surface area (Å²) in [6, 6.07) is 14.4. The van der Waals surface area contributed by atoms with Crippen LogP contribution in [-0.4, -0.2) is 31.2 Å². The van der Waals surface area contributed by atoms with E-state index >= 15 is 0 Å². The van der Waals surface area contributed by atoms with Crippen molar-refractivity contribution in [3.05, 3.63) is 54.1 Å². The Labute approximate surface area is 171 Å². The zero-order valence-electron chi connectivity index (χ0n) is 16.8. The van der Waals surface area contributed by atoms with Gasteiger partial charge in [0.05, 0.1) is 19.4 Å². The fourth-order valence-electron chi connectivity index (χ4n) is 2.41. The summed E-state index contributed by atoms with van der Waals surface area (Å²) in [5, 5.41) is 6.58. The number of benzene rings is 2. The number of para-hydroxylation sites is 1. The maximum atomic E-state index is 12.0. The minimum Gasteiger partial charge on any atom is -0.494 e. The van der Waals surface area contributed by atoms with E-state index < -0.39 is 11.8 Å². The summed E-state index contributed by atoms with van der Waals surface area (Å²) in [7, 11) is 0. The minimum atomic E-state index is -0.505. The lowest BCUT2D eigenvalue weighted by Gasteiger charge is -2.08. The van der Waals surface area contributed by atoms with Crippen LogP contribution in [0.4, 0.5) is 5.69 Å². The van der Waals surface area contributed by atoms with Crippen molar-refractivity contribution in [3.63, 3.8) is 0 Å². The first-order chi connectivity index (χ1) is 14.1. The molecule has 7 heteroatoms. The first kappa shape index (κ1) is 21.9. The van der Waals surface area contributed by atoms with Crippen LogP contribution in [-0.2, 0) is 9.59 Å². The molecule has 2 N–H and O–H groups in total. The van der Waals surface area contributed by atoms with E-state index in [0.717, 1.165) is 24.2 Å². The van der Waals surface area contributed by atoms with Gasteiger partial charge in [-0.05, 0) is 49.7 Å². The number of ether oxygens (including phenoxy) is 2. The Morgan fingerprint density at radius 3 is 2.48 bits per heavy atom. The predicted octanol–water partition coefficient (Wildman–Crippen LogP) is 3.74. The molecule has 29 heavy (non-hydrogen) atoms. The SMILES string of the molecule is CCCCOc1ccccc1C=NNC(=O)CC(=O)Nc1ccc(OCC)cc1. The van der Waals surface area contributed by atoms with E-state index in [2.05, 4.69) is 22.8 Å². The smallest absolute Gasteiger partial charge is 0.249 e. The van der Waals surface area contributed by atoms with E-state index in [-0.39, 0.29) is 6.42 Å². The van der Waals surface area contributed by atoms with Crippen molar-refractivity contribution in [3.8, 4) is 11.5 Å². The average Bonchev–Trinajstić information content (AvgIpc) is 2.71. The van der Waals surface area contributed by atoms with Gasteiger partial charge in [0, 0.05) is 11.3 Å². The molecule has 0 aliphatic carbocycles. The number of carbonyl (C=O) groups is 2. The number of amides is 2. The maximum absolute atomic E-state index is 12.0. The molecule has 0 fully saturated rings. The van der Waals surface area contributed by atoms with Crippen molar-refractivity contribution < 1.29 is 19.1 Å². The Morgan fingerprint density at radius 1 is 1.00 bits per heavy atom. The van der Waals surface area contributed by atoms with E-state index in [1.54, 1.807) is 24.3 Å². The molecule has 2 aromatic carbocycles. The Bertz CT molecular complexity index is 819. The summed E-state index contributed by atoms with van der Waals surface area (Å²) in [4.78, 5) is 23.9. The van der Waals surface area contributed by atoms with Gasteiger partial charge >= 0.3 is 0 Å². The minimum absolute atomic E-state index is 0.334. The Kier molecular flexibility index (Phi) is 9.21. The molecule has 0 saturated heterocycles. The van der Waals surface area contributed by atoms with E-state index in [9.17, 15) is 9.59 Å². The van der Waals surface area contributed by atoms with Crippen molar-refractivity contribution in [2.24, 2.45) is 5.10 Å². The van der Waals surface area contributed by atoms with Gasteiger partial charge in [-0.3, -0.25) is 9.59 Å². The summed E-state index contributed by atoms with van der Waals surface area (Å²) >= 11 is 0. The second kappa shape index (κ2) is 12.2. The second-order valence-electron chi connectivity index (χ2n) is 6.22. The van der Waals surface area contributed by atoms with Crippen LogP contribution in [0.3, 0.4) is 0 Å². The number of rotatable bonds is 11. The summed E-state index contributed by atoms with van der Waals surface area (Å²) in [5.41, 5.74) is 3.71. The van der Waals surface area contributed by atoms with E-state index in [4.69, 9.17) is 9.47 Å². The van der Waals surface area contributed by atoms with E-state index in [1.807, 2.05) is 31.2 Å². The first-order valence-corrected chi connectivity index (χ1v) is 9.68. The molecule has 0 unspecified atom stereocenters. The van der Waals surface area contributed by atoms with E-state index in [1.165, 1.54) is 6.21 Å². The van der Waals surface area contributed by atoms with Gasteiger partial charge in [-0.1, -0.05) is 25.5 Å². The van der Waals surface area contributed by atoms with Crippen molar-refractivity contribution in [2.45, 2.75) is 33.1 Å². The van der Waals surface area contributed by atoms with Crippen molar-refractivity contribution in [2.75, 3.05) is 18.5 Å². The lowest BCUT2D eigenvalue weighted by molar-refractivity contribution is -0.126. The van der Waals surface area contributed by atoms with Gasteiger partial charge in [0.25, 0.3) is 0 Å². The van der Waals surface area contributed by atoms with Crippen LogP contribution >= 0.6 is 0 Å². The van der Waals surface area contributed by atoms with Crippen molar-refractivity contribution >= 4 is 23.7 Å². The summed E-state index contributed by atoms with van der Waals surface area (Å²) in [6.45, 7) is 5.19. The third-order valence-electron chi connectivity index (χ3n) is 3.84. The fourth-order valence-corrected chi connectivity index (χ4v) is 2.41. The topological polar surface area (TPSA) is 89.0 Å². The summed E-state index contributed by atoms with van der Waals surface area (Å²) in [6.07, 6.45) is 3.18. The highest BCUT2D eigenvalue weighted by Gasteiger charge is 2.09. The molecule has 0 radical (unpaired) electrons. The molecule has 2 rings (SSSR count). The van der Waals surface area contributed by atoms with Gasteiger partial charge in [-0.15, -0.1) is 0 Å². The molecule has 0 spiro atoms. The van der Waals surface area contributed by atoms with Crippen LogP contribution in [0.5, 0.6) is 11.5 Å². The second-order valence-corrected chi connectivity index (χ2v) is 6.22. The molecule has 0 aliphatic heterocycles. The monoisotopic (exact) mass is 397 g/mol. The average molecular weight is 397 g/mol. The highest BCUT2D eigenvalue weighted by Crippen LogP contribution is 2.17. The number of nitrogens with zero attached hydrogens (tertiary/aromatic N) is 1. The lowest BCUT2D eigenvalue weighted by Crippen LogP contribution is -2.24. The number of carbonyl (C=O) groups excluding carboxylic acids is 2. The normalized spacial score (nSPS) is 10.6. The zero-order chi connectivity index (χ0) is 20.9. The summed E-state index contributed by atoms with van der Waals surface area (Å²) in [5.74, 6) is 0.489. The number of hydrazone groups is 1. The fraction of sp³-hybridized carbons (Fsp3) is 0.318. The molecule has 0 saturated carbocycles. The molecule has 2 aromatic rings. The number of nitrogens with one attached hydrogen (secondary N) is 2. The van der Waals surface area contributed by atoms with Gasteiger partial charge in [-0.2, -0.15) is 5.10 Å². The van der Waals surface area contributed by atoms with Gasteiger partial charge in [-0.25, -0.2) is 5.43 Å². The van der Waals surface area contributed by atoms with E-state index in [0.29, 0.717) is 24.7 Å². The zero-order valence-corrected chi connectivity index (χ0v) is 16.8. The molecule has 154 valence electrons. The molecular weight excluding hydrogens is 370 g/mol. The largest absolute Gasteiger partial charge is 0.494 e. The van der Waals surface area contributed by atoms with Gasteiger partial charge in [0.1, 0.15) is 17.9 Å². The van der Waals surface area contributed by atoms with Crippen LogP contribution in [0.2, 0.25) is 0 Å². The molecule has 0 aliphatic rings. The standard InChI is InChI=1S/C22H27N3O4/c1-3-5-14-29-20-9-7-6-8-17(20)16-23-25-22(27)15-21(26)24-18-10-12-19(13-11-18)28-4-2/h6-13,16H,3-5,14-15H2,1-2H3,(H,24,26)(H,25,27). The van der Waals surface area contributed by atoms with Gasteiger partial charge in [0.2, 0.25) is 11.8 Å². The van der Waals surface area contributed by atoms with Crippen LogP contribution < -0.4 is 20.2 Å². The summed E-state index contributed by atoms with van der Waals surface area (Å²) < 4.78 is 11.1. The number of anilines is 1. The van der Waals surface area contributed by atoms with Crippen LogP contribution in [0, 0.1) is 0 Å². The molecule has 0 heterocycles. The molecule has 7 nitrogen and oxygen atoms in total. The highest BCUT2D eigenvalue weighted by molar-refractivity contribution is 6.03. The van der Waals surface area contributed by atoms with Gasteiger partial charge in [0.15, 0.2) is 0 Å². The van der Waals surface area contributed by atoms with Crippen LogP contribution in [0.1, 0.15) is 38.7 Å². The molecule has 2 amide bonds. The predicted molar refractivity (Wildman–Crippen MR) is 113 cm³/mol. The van der Waals surface area contributed by atoms with Crippen molar-refractivity contribution in [1.29, 1.82) is 0 Å². The molecule has 0 atom stereocenters.